The van der Waals surface area contributed by atoms with Crippen molar-refractivity contribution in [1.29, 1.82) is 0 Å². The molecule has 5 nitrogen and oxygen atoms in total. The maximum Gasteiger partial charge on any atom is 0.410 e. The number of benzene rings is 1. The van der Waals surface area contributed by atoms with Crippen LogP contribution in [-0.2, 0) is 14.9 Å². The average Bonchev–Trinajstić information content (AvgIpc) is 2.48. The zero-order valence-electron chi connectivity index (χ0n) is 15.3. The molecule has 1 aromatic carbocycles. The second-order valence-electron chi connectivity index (χ2n) is 7.78. The Labute approximate surface area is 153 Å². The summed E-state index contributed by atoms with van der Waals surface area (Å²) in [4.78, 5) is 25.4. The highest BCUT2D eigenvalue weighted by atomic mass is 35.5. The van der Waals surface area contributed by atoms with E-state index in [1.807, 2.05) is 45.9 Å². The molecule has 138 valence electrons. The lowest BCUT2D eigenvalue weighted by atomic mass is 9.70. The minimum atomic E-state index is -0.845. The third-order valence-corrected chi connectivity index (χ3v) is 5.05. The molecule has 1 saturated heterocycles. The van der Waals surface area contributed by atoms with Crippen LogP contribution in [0.25, 0.3) is 0 Å². The van der Waals surface area contributed by atoms with Gasteiger partial charge in [0.05, 0.1) is 6.42 Å². The maximum absolute atomic E-state index is 12.2. The summed E-state index contributed by atoms with van der Waals surface area (Å²) < 4.78 is 5.42. The first-order valence-electron chi connectivity index (χ1n) is 8.49. The lowest BCUT2D eigenvalue weighted by molar-refractivity contribution is -0.139. The summed E-state index contributed by atoms with van der Waals surface area (Å²) in [5, 5.41) is 10.0. The second kappa shape index (κ2) is 7.24. The molecule has 0 radical (unpaired) electrons. The predicted molar refractivity (Wildman–Crippen MR) is 97.2 cm³/mol. The Morgan fingerprint density at radius 2 is 1.88 bits per heavy atom. The lowest BCUT2D eigenvalue weighted by Crippen LogP contribution is -2.47. The van der Waals surface area contributed by atoms with E-state index in [4.69, 9.17) is 16.3 Å². The van der Waals surface area contributed by atoms with E-state index < -0.39 is 17.0 Å². The van der Waals surface area contributed by atoms with Crippen LogP contribution in [0, 0.1) is 6.92 Å². The zero-order chi connectivity index (χ0) is 18.8. The Hall–Kier alpha value is -1.75. The highest BCUT2D eigenvalue weighted by Crippen LogP contribution is 2.40. The van der Waals surface area contributed by atoms with Crippen molar-refractivity contribution in [2.45, 2.75) is 58.0 Å². The number of halogens is 1. The first-order valence-corrected chi connectivity index (χ1v) is 8.87. The van der Waals surface area contributed by atoms with E-state index in [1.165, 1.54) is 0 Å². The minimum absolute atomic E-state index is 0.0224. The van der Waals surface area contributed by atoms with E-state index in [0.717, 1.165) is 11.1 Å². The van der Waals surface area contributed by atoms with Crippen molar-refractivity contribution in [3.05, 3.63) is 34.3 Å². The monoisotopic (exact) mass is 367 g/mol. The highest BCUT2D eigenvalue weighted by molar-refractivity contribution is 6.31. The molecule has 6 heteroatoms. The van der Waals surface area contributed by atoms with Crippen LogP contribution in [0.2, 0.25) is 5.02 Å². The second-order valence-corrected chi connectivity index (χ2v) is 8.19. The summed E-state index contributed by atoms with van der Waals surface area (Å²) in [6, 6.07) is 5.73. The third kappa shape index (κ3) is 4.88. The van der Waals surface area contributed by atoms with Crippen molar-refractivity contribution in [3.8, 4) is 0 Å². The molecular formula is C19H26ClNO4. The van der Waals surface area contributed by atoms with Gasteiger partial charge in [0.2, 0.25) is 0 Å². The Morgan fingerprint density at radius 1 is 1.28 bits per heavy atom. The molecule has 0 aromatic heterocycles. The fourth-order valence-electron chi connectivity index (χ4n) is 3.22. The Bertz CT molecular complexity index is 658. The van der Waals surface area contributed by atoms with Crippen molar-refractivity contribution in [1.82, 2.24) is 4.90 Å². The van der Waals surface area contributed by atoms with E-state index in [-0.39, 0.29) is 12.5 Å². The van der Waals surface area contributed by atoms with Crippen molar-refractivity contribution < 1.29 is 19.4 Å². The van der Waals surface area contributed by atoms with Crippen LogP contribution >= 0.6 is 11.6 Å². The third-order valence-electron chi connectivity index (χ3n) is 4.65. The molecule has 0 atom stereocenters. The Morgan fingerprint density at radius 3 is 2.36 bits per heavy atom. The van der Waals surface area contributed by atoms with E-state index >= 15 is 0 Å². The fraction of sp³-hybridized carbons (Fsp3) is 0.579. The van der Waals surface area contributed by atoms with E-state index in [1.54, 1.807) is 4.90 Å². The van der Waals surface area contributed by atoms with Gasteiger partial charge in [-0.1, -0.05) is 23.7 Å². The molecule has 1 aliphatic heterocycles. The van der Waals surface area contributed by atoms with E-state index in [9.17, 15) is 14.7 Å². The molecule has 0 unspecified atom stereocenters. The highest BCUT2D eigenvalue weighted by Gasteiger charge is 2.40. The van der Waals surface area contributed by atoms with Crippen LogP contribution in [0.15, 0.2) is 18.2 Å². The van der Waals surface area contributed by atoms with Crippen molar-refractivity contribution in [2.75, 3.05) is 13.1 Å². The molecule has 0 bridgehead atoms. The van der Waals surface area contributed by atoms with Crippen LogP contribution in [0.3, 0.4) is 0 Å². The smallest absolute Gasteiger partial charge is 0.410 e. The van der Waals surface area contributed by atoms with Gasteiger partial charge in [-0.05, 0) is 57.7 Å². The number of carboxylic acids is 1. The summed E-state index contributed by atoms with van der Waals surface area (Å²) in [5.74, 6) is -0.845. The maximum atomic E-state index is 12.2. The van der Waals surface area contributed by atoms with E-state index in [2.05, 4.69) is 0 Å². The SMILES string of the molecule is Cc1ccc(C2(CC(=O)O)CCN(C(=O)OC(C)(C)C)CC2)cc1Cl. The summed E-state index contributed by atoms with van der Waals surface area (Å²) in [6.07, 6.45) is 0.808. The quantitative estimate of drug-likeness (QED) is 0.860. The largest absolute Gasteiger partial charge is 0.481 e. The van der Waals surface area contributed by atoms with Gasteiger partial charge in [0, 0.05) is 23.5 Å². The number of carboxylic acid groups (broad SMARTS) is 1. The molecule has 25 heavy (non-hydrogen) atoms. The van der Waals surface area contributed by atoms with Gasteiger partial charge in [0.25, 0.3) is 0 Å². The summed E-state index contributed by atoms with van der Waals surface area (Å²) in [6.45, 7) is 8.34. The van der Waals surface area contributed by atoms with Gasteiger partial charge >= 0.3 is 12.1 Å². The van der Waals surface area contributed by atoms with Gasteiger partial charge < -0.3 is 14.7 Å². The van der Waals surface area contributed by atoms with Gasteiger partial charge in [0.15, 0.2) is 0 Å². The molecule has 1 amide bonds. The normalized spacial score (nSPS) is 17.2. The van der Waals surface area contributed by atoms with Gasteiger partial charge in [-0.2, -0.15) is 0 Å². The van der Waals surface area contributed by atoms with Gasteiger partial charge in [-0.3, -0.25) is 4.79 Å². The van der Waals surface area contributed by atoms with Crippen LogP contribution in [0.5, 0.6) is 0 Å². The molecule has 0 saturated carbocycles. The van der Waals surface area contributed by atoms with Gasteiger partial charge in [-0.25, -0.2) is 4.79 Å². The standard InChI is InChI=1S/C19H26ClNO4/c1-13-5-6-14(11-15(13)20)19(12-16(22)23)7-9-21(10-8-19)17(24)25-18(2,3)4/h5-6,11H,7-10,12H2,1-4H3,(H,22,23). The summed E-state index contributed by atoms with van der Waals surface area (Å²) >= 11 is 6.25. The van der Waals surface area contributed by atoms with Crippen molar-refractivity contribution >= 4 is 23.7 Å². The number of carbonyl (C=O) groups excluding carboxylic acids is 1. The topological polar surface area (TPSA) is 66.8 Å². The Balaban J connectivity index is 2.20. The van der Waals surface area contributed by atoms with E-state index in [0.29, 0.717) is 31.0 Å². The molecule has 1 aromatic rings. The molecule has 2 rings (SSSR count). The molecular weight excluding hydrogens is 342 g/mol. The number of ether oxygens (including phenoxy) is 1. The molecule has 1 N–H and O–H groups in total. The number of nitrogens with zero attached hydrogens (tertiary/aromatic N) is 1. The first kappa shape index (κ1) is 19.6. The number of likely N-dealkylation sites (tertiary alicyclic amines) is 1. The van der Waals surface area contributed by atoms with Crippen molar-refractivity contribution in [2.24, 2.45) is 0 Å². The number of hydrogen-bond acceptors (Lipinski definition) is 3. The lowest BCUT2D eigenvalue weighted by Gasteiger charge is -2.41. The molecule has 1 heterocycles. The predicted octanol–water partition coefficient (Wildman–Crippen LogP) is 4.39. The van der Waals surface area contributed by atoms with Gasteiger partial charge in [0.1, 0.15) is 5.60 Å². The molecule has 0 aliphatic carbocycles. The first-order chi connectivity index (χ1) is 11.5. The number of amides is 1. The van der Waals surface area contributed by atoms with Crippen LogP contribution in [0.4, 0.5) is 4.79 Å². The van der Waals surface area contributed by atoms with Gasteiger partial charge in [-0.15, -0.1) is 0 Å². The zero-order valence-corrected chi connectivity index (χ0v) is 16.0. The van der Waals surface area contributed by atoms with Crippen molar-refractivity contribution in [3.63, 3.8) is 0 Å². The summed E-state index contributed by atoms with van der Waals surface area (Å²) in [7, 11) is 0. The number of aliphatic carboxylic acids is 1. The molecule has 1 aliphatic rings. The minimum Gasteiger partial charge on any atom is -0.481 e. The van der Waals surface area contributed by atoms with Crippen LogP contribution in [-0.4, -0.2) is 40.8 Å². The van der Waals surface area contributed by atoms with Crippen LogP contribution < -0.4 is 0 Å². The Kier molecular flexibility index (Phi) is 5.67. The average molecular weight is 368 g/mol. The number of piperidine rings is 1. The number of rotatable bonds is 3. The molecule has 0 spiro atoms. The van der Waals surface area contributed by atoms with Crippen LogP contribution in [0.1, 0.15) is 51.2 Å². The number of aryl methyl sites for hydroxylation is 1. The molecule has 1 fully saturated rings. The number of carbonyl (C=O) groups is 2. The summed E-state index contributed by atoms with van der Waals surface area (Å²) in [5.41, 5.74) is 0.829. The fourth-order valence-corrected chi connectivity index (χ4v) is 3.40. The number of hydrogen-bond donors (Lipinski definition) is 1.